The highest BCUT2D eigenvalue weighted by Gasteiger charge is 2.27. The number of hydrogen-bond donors (Lipinski definition) is 0. The van der Waals surface area contributed by atoms with E-state index >= 15 is 0 Å². The quantitative estimate of drug-likeness (QED) is 0.249. The van der Waals surface area contributed by atoms with Gasteiger partial charge in [-0.1, -0.05) is 72.1 Å². The van der Waals surface area contributed by atoms with E-state index in [0.29, 0.717) is 11.1 Å². The van der Waals surface area contributed by atoms with Crippen molar-refractivity contribution in [1.29, 1.82) is 0 Å². The second-order valence-corrected chi connectivity index (χ2v) is 10.6. The maximum Gasteiger partial charge on any atom is 0.194 e. The van der Waals surface area contributed by atoms with Gasteiger partial charge < -0.3 is 0 Å². The van der Waals surface area contributed by atoms with Crippen LogP contribution in [0.25, 0.3) is 33.4 Å². The SMILES string of the molecule is CC(=O)Sc1ccc(-c2ccc3c(c2)C(=O)c2cc(-c4ccc(SC(C)=O)cc4)ccc2-3)cc1. The molecule has 1 aliphatic carbocycles. The zero-order chi connectivity index (χ0) is 23.8. The van der Waals surface area contributed by atoms with Gasteiger partial charge in [-0.3, -0.25) is 14.4 Å². The molecule has 0 fully saturated rings. The summed E-state index contributed by atoms with van der Waals surface area (Å²) in [7, 11) is 0. The molecule has 0 atom stereocenters. The van der Waals surface area contributed by atoms with Crippen molar-refractivity contribution < 1.29 is 14.4 Å². The minimum atomic E-state index is 0.0289. The number of ketones is 1. The molecule has 0 spiro atoms. The fraction of sp³-hybridized carbons (Fsp3) is 0.0690. The molecule has 0 bridgehead atoms. The van der Waals surface area contributed by atoms with Crippen LogP contribution in [0, 0.1) is 0 Å². The summed E-state index contributed by atoms with van der Waals surface area (Å²) in [5, 5.41) is 0.109. The van der Waals surface area contributed by atoms with E-state index in [2.05, 4.69) is 0 Å². The van der Waals surface area contributed by atoms with Gasteiger partial charge in [0.05, 0.1) is 0 Å². The molecule has 0 N–H and O–H groups in total. The van der Waals surface area contributed by atoms with Gasteiger partial charge >= 0.3 is 0 Å². The highest BCUT2D eigenvalue weighted by molar-refractivity contribution is 8.13. The fourth-order valence-electron chi connectivity index (χ4n) is 4.20. The van der Waals surface area contributed by atoms with E-state index in [1.165, 1.54) is 23.5 Å². The number of hydrogen-bond acceptors (Lipinski definition) is 5. The standard InChI is InChI=1S/C29H20O3S2/c1-17(30)33-23-9-3-19(4-10-23)21-7-13-25-26-14-8-22(16-28(26)29(32)27(25)15-21)20-5-11-24(12-6-20)34-18(2)31/h3-16H,1-2H3. The smallest absolute Gasteiger partial charge is 0.194 e. The summed E-state index contributed by atoms with van der Waals surface area (Å²) < 4.78 is 0. The second kappa shape index (κ2) is 9.09. The predicted octanol–water partition coefficient (Wildman–Crippen LogP) is 7.51. The van der Waals surface area contributed by atoms with Crippen molar-refractivity contribution in [2.24, 2.45) is 0 Å². The van der Waals surface area contributed by atoms with Crippen molar-refractivity contribution in [2.45, 2.75) is 23.6 Å². The molecule has 166 valence electrons. The van der Waals surface area contributed by atoms with Crippen LogP contribution in [0.2, 0.25) is 0 Å². The van der Waals surface area contributed by atoms with Crippen LogP contribution in [-0.4, -0.2) is 16.0 Å². The van der Waals surface area contributed by atoms with Crippen LogP contribution in [-0.2, 0) is 9.59 Å². The molecule has 3 nitrogen and oxygen atoms in total. The molecule has 0 radical (unpaired) electrons. The zero-order valence-electron chi connectivity index (χ0n) is 18.6. The van der Waals surface area contributed by atoms with E-state index < -0.39 is 0 Å². The maximum absolute atomic E-state index is 13.3. The Labute approximate surface area is 206 Å². The Morgan fingerprint density at radius 1 is 0.500 bits per heavy atom. The van der Waals surface area contributed by atoms with Crippen LogP contribution in [0.15, 0.2) is 94.7 Å². The Bertz CT molecular complexity index is 1340. The lowest BCUT2D eigenvalue weighted by molar-refractivity contribution is -0.109. The first kappa shape index (κ1) is 22.4. The van der Waals surface area contributed by atoms with Gasteiger partial charge in [-0.25, -0.2) is 0 Å². The van der Waals surface area contributed by atoms with Gasteiger partial charge in [0.25, 0.3) is 0 Å². The van der Waals surface area contributed by atoms with Gasteiger partial charge in [-0.2, -0.15) is 0 Å². The summed E-state index contributed by atoms with van der Waals surface area (Å²) in [6.45, 7) is 3.10. The van der Waals surface area contributed by atoms with Crippen LogP contribution in [0.1, 0.15) is 29.8 Å². The molecule has 0 saturated heterocycles. The molecule has 1 aliphatic rings. The molecule has 5 heteroatoms. The first-order valence-corrected chi connectivity index (χ1v) is 12.4. The number of rotatable bonds is 4. The first-order chi connectivity index (χ1) is 16.4. The highest BCUT2D eigenvalue weighted by atomic mass is 32.2. The van der Waals surface area contributed by atoms with Gasteiger partial charge in [0.15, 0.2) is 16.0 Å². The molecule has 4 aromatic carbocycles. The fourth-order valence-corrected chi connectivity index (χ4v) is 5.41. The third-order valence-electron chi connectivity index (χ3n) is 5.72. The van der Waals surface area contributed by atoms with Gasteiger partial charge in [0.1, 0.15) is 0 Å². The molecule has 0 unspecified atom stereocenters. The normalized spacial score (nSPS) is 11.8. The van der Waals surface area contributed by atoms with Crippen LogP contribution >= 0.6 is 23.5 Å². The van der Waals surface area contributed by atoms with E-state index in [1.54, 1.807) is 13.8 Å². The van der Waals surface area contributed by atoms with Crippen LogP contribution in [0.5, 0.6) is 0 Å². The predicted molar refractivity (Wildman–Crippen MR) is 139 cm³/mol. The topological polar surface area (TPSA) is 51.2 Å². The summed E-state index contributed by atoms with van der Waals surface area (Å²) in [6, 6.07) is 27.6. The van der Waals surface area contributed by atoms with Gasteiger partial charge in [-0.15, -0.1) is 0 Å². The van der Waals surface area contributed by atoms with Gasteiger partial charge in [0.2, 0.25) is 0 Å². The highest BCUT2D eigenvalue weighted by Crippen LogP contribution is 2.40. The van der Waals surface area contributed by atoms with Crippen LogP contribution < -0.4 is 0 Å². The third kappa shape index (κ3) is 4.37. The maximum atomic E-state index is 13.3. The summed E-state index contributed by atoms with van der Waals surface area (Å²) >= 11 is 2.42. The Kier molecular flexibility index (Phi) is 5.98. The number of carbonyl (C=O) groups is 3. The molecule has 4 aromatic rings. The lowest BCUT2D eigenvalue weighted by atomic mass is 9.98. The van der Waals surface area contributed by atoms with E-state index in [9.17, 15) is 14.4 Å². The Hall–Kier alpha value is -3.41. The largest absolute Gasteiger partial charge is 0.289 e. The van der Waals surface area contributed by atoms with Crippen LogP contribution in [0.3, 0.4) is 0 Å². The Balaban J connectivity index is 1.44. The van der Waals surface area contributed by atoms with Crippen molar-refractivity contribution in [3.05, 3.63) is 96.1 Å². The minimum absolute atomic E-state index is 0.0289. The third-order valence-corrected chi connectivity index (χ3v) is 7.31. The molecule has 5 rings (SSSR count). The second-order valence-electron chi connectivity index (χ2n) is 8.09. The van der Waals surface area contributed by atoms with E-state index in [0.717, 1.165) is 43.2 Å². The molecule has 0 heterocycles. The average molecular weight is 481 g/mol. The number of benzene rings is 4. The lowest BCUT2D eigenvalue weighted by Gasteiger charge is -2.07. The van der Waals surface area contributed by atoms with Crippen molar-refractivity contribution in [3.63, 3.8) is 0 Å². The summed E-state index contributed by atoms with van der Waals surface area (Å²) in [5.41, 5.74) is 7.27. The molecule has 0 amide bonds. The molecular formula is C29H20O3S2. The Morgan fingerprint density at radius 3 is 1.21 bits per heavy atom. The van der Waals surface area contributed by atoms with Crippen molar-refractivity contribution in [1.82, 2.24) is 0 Å². The zero-order valence-corrected chi connectivity index (χ0v) is 20.3. The summed E-state index contributed by atoms with van der Waals surface area (Å²) in [5.74, 6) is 0.0289. The molecule has 34 heavy (non-hydrogen) atoms. The molecule has 0 aromatic heterocycles. The monoisotopic (exact) mass is 480 g/mol. The van der Waals surface area contributed by atoms with Gasteiger partial charge in [-0.05, 0) is 69.8 Å². The summed E-state index contributed by atoms with van der Waals surface area (Å²) in [4.78, 5) is 37.8. The summed E-state index contributed by atoms with van der Waals surface area (Å²) in [6.07, 6.45) is 0. The van der Waals surface area contributed by atoms with Crippen molar-refractivity contribution >= 4 is 39.5 Å². The molecule has 0 saturated carbocycles. The molecule has 0 aliphatic heterocycles. The number of fused-ring (bicyclic) bond motifs is 3. The van der Waals surface area contributed by atoms with E-state index in [-0.39, 0.29) is 16.0 Å². The van der Waals surface area contributed by atoms with Crippen molar-refractivity contribution in [2.75, 3.05) is 0 Å². The van der Waals surface area contributed by atoms with E-state index in [1.807, 2.05) is 84.9 Å². The Morgan fingerprint density at radius 2 is 0.853 bits per heavy atom. The minimum Gasteiger partial charge on any atom is -0.289 e. The number of carbonyl (C=O) groups excluding carboxylic acids is 3. The number of thioether (sulfide) groups is 2. The average Bonchev–Trinajstić information content (AvgIpc) is 3.10. The van der Waals surface area contributed by atoms with E-state index in [4.69, 9.17) is 0 Å². The van der Waals surface area contributed by atoms with Crippen molar-refractivity contribution in [3.8, 4) is 33.4 Å². The first-order valence-electron chi connectivity index (χ1n) is 10.8. The molecular weight excluding hydrogens is 460 g/mol. The lowest BCUT2D eigenvalue weighted by Crippen LogP contribution is -1.96. The van der Waals surface area contributed by atoms with Crippen LogP contribution in [0.4, 0.5) is 0 Å². The van der Waals surface area contributed by atoms with Gasteiger partial charge in [0, 0.05) is 34.8 Å².